The number of rotatable bonds is 6. The van der Waals surface area contributed by atoms with Crippen molar-refractivity contribution in [2.24, 2.45) is 5.92 Å². The fourth-order valence-corrected chi connectivity index (χ4v) is 2.48. The average molecular weight is 316 g/mol. The summed E-state index contributed by atoms with van der Waals surface area (Å²) in [6.45, 7) is 5.37. The largest absolute Gasteiger partial charge is 0.352 e. The zero-order chi connectivity index (χ0) is 16.2. The Morgan fingerprint density at radius 1 is 1.33 bits per heavy atom. The van der Waals surface area contributed by atoms with E-state index in [4.69, 9.17) is 0 Å². The van der Waals surface area contributed by atoms with Crippen molar-refractivity contribution in [3.8, 4) is 0 Å². The highest BCUT2D eigenvalue weighted by Gasteiger charge is 2.22. The molecule has 0 aliphatic heterocycles. The number of halogens is 1. The van der Waals surface area contributed by atoms with Gasteiger partial charge in [0.2, 0.25) is 15.9 Å². The van der Waals surface area contributed by atoms with Gasteiger partial charge >= 0.3 is 0 Å². The molecule has 0 aromatic heterocycles. The first kappa shape index (κ1) is 17.4. The zero-order valence-corrected chi connectivity index (χ0v) is 13.4. The Morgan fingerprint density at radius 3 is 2.43 bits per heavy atom. The minimum atomic E-state index is -3.68. The summed E-state index contributed by atoms with van der Waals surface area (Å²) in [5.74, 6) is -0.752. The van der Waals surface area contributed by atoms with E-state index in [-0.39, 0.29) is 24.2 Å². The van der Waals surface area contributed by atoms with Crippen molar-refractivity contribution in [1.29, 1.82) is 0 Å². The molecule has 0 heterocycles. The van der Waals surface area contributed by atoms with Crippen molar-refractivity contribution in [1.82, 2.24) is 5.32 Å². The first-order valence-electron chi connectivity index (χ1n) is 6.64. The number of carbonyl (C=O) groups is 1. The monoisotopic (exact) mass is 316 g/mol. The highest BCUT2D eigenvalue weighted by molar-refractivity contribution is 7.92. The van der Waals surface area contributed by atoms with E-state index < -0.39 is 21.7 Å². The average Bonchev–Trinajstić information content (AvgIpc) is 2.34. The minimum absolute atomic E-state index is 0.0774. The molecule has 0 aliphatic rings. The summed E-state index contributed by atoms with van der Waals surface area (Å²) in [6.07, 6.45) is 0.983. The summed E-state index contributed by atoms with van der Waals surface area (Å²) in [6, 6.07) is 5.07. The molecule has 1 aromatic rings. The van der Waals surface area contributed by atoms with Crippen molar-refractivity contribution >= 4 is 21.6 Å². The number of carbonyl (C=O) groups excluding carboxylic acids is 1. The van der Waals surface area contributed by atoms with E-state index in [0.29, 0.717) is 0 Å². The van der Waals surface area contributed by atoms with Crippen LogP contribution in [0.5, 0.6) is 0 Å². The third-order valence-electron chi connectivity index (χ3n) is 3.17. The van der Waals surface area contributed by atoms with Gasteiger partial charge in [-0.2, -0.15) is 0 Å². The van der Waals surface area contributed by atoms with Crippen LogP contribution in [0.2, 0.25) is 0 Å². The Bertz CT molecular complexity index is 602. The van der Waals surface area contributed by atoms with Gasteiger partial charge in [0.1, 0.15) is 12.4 Å². The molecule has 21 heavy (non-hydrogen) atoms. The van der Waals surface area contributed by atoms with E-state index in [1.807, 2.05) is 20.8 Å². The van der Waals surface area contributed by atoms with Gasteiger partial charge in [0.15, 0.2) is 0 Å². The van der Waals surface area contributed by atoms with Crippen molar-refractivity contribution < 1.29 is 17.6 Å². The normalized spacial score (nSPS) is 13.0. The Kier molecular flexibility index (Phi) is 5.71. The number of hydrogen-bond acceptors (Lipinski definition) is 3. The van der Waals surface area contributed by atoms with Gasteiger partial charge in [0.05, 0.1) is 11.9 Å². The molecule has 7 heteroatoms. The molecular weight excluding hydrogens is 295 g/mol. The lowest BCUT2D eigenvalue weighted by Gasteiger charge is -2.24. The number of nitrogens with one attached hydrogen (secondary N) is 1. The summed E-state index contributed by atoms with van der Waals surface area (Å²) in [5.41, 5.74) is 0.129. The van der Waals surface area contributed by atoms with E-state index in [2.05, 4.69) is 5.32 Å². The maximum atomic E-state index is 13.2. The van der Waals surface area contributed by atoms with Crippen LogP contribution in [-0.4, -0.2) is 33.2 Å². The Hall–Kier alpha value is -1.63. The SMILES string of the molecule is CC(C)C(C)NC(=O)CN(c1cccc(F)c1)S(C)(=O)=O. The summed E-state index contributed by atoms with van der Waals surface area (Å²) < 4.78 is 37.8. The van der Waals surface area contributed by atoms with Gasteiger partial charge in [-0.05, 0) is 31.0 Å². The standard InChI is InChI=1S/C14H21FN2O3S/c1-10(2)11(3)16-14(18)9-17(21(4,19)20)13-7-5-6-12(15)8-13/h5-8,10-11H,9H2,1-4H3,(H,16,18). The molecule has 118 valence electrons. The highest BCUT2D eigenvalue weighted by Crippen LogP contribution is 2.18. The van der Waals surface area contributed by atoms with Crippen LogP contribution >= 0.6 is 0 Å². The molecule has 5 nitrogen and oxygen atoms in total. The first-order chi connectivity index (χ1) is 9.61. The van der Waals surface area contributed by atoms with Crippen LogP contribution < -0.4 is 9.62 Å². The van der Waals surface area contributed by atoms with Crippen molar-refractivity contribution in [3.05, 3.63) is 30.1 Å². The molecule has 0 radical (unpaired) electrons. The first-order valence-corrected chi connectivity index (χ1v) is 8.48. The molecule has 1 amide bonds. The van der Waals surface area contributed by atoms with Crippen LogP contribution in [0.25, 0.3) is 0 Å². The molecule has 0 spiro atoms. The van der Waals surface area contributed by atoms with Gasteiger partial charge in [-0.15, -0.1) is 0 Å². The summed E-state index contributed by atoms with van der Waals surface area (Å²) in [5, 5.41) is 2.73. The van der Waals surface area contributed by atoms with Crippen molar-refractivity contribution in [2.75, 3.05) is 17.1 Å². The fraction of sp³-hybridized carbons (Fsp3) is 0.500. The maximum Gasteiger partial charge on any atom is 0.240 e. The molecule has 1 N–H and O–H groups in total. The van der Waals surface area contributed by atoms with Gasteiger partial charge < -0.3 is 5.32 Å². The highest BCUT2D eigenvalue weighted by atomic mass is 32.2. The number of nitrogens with zero attached hydrogens (tertiary/aromatic N) is 1. The summed E-state index contributed by atoms with van der Waals surface area (Å²) >= 11 is 0. The van der Waals surface area contributed by atoms with Crippen LogP contribution in [0, 0.1) is 11.7 Å². The Morgan fingerprint density at radius 2 is 1.95 bits per heavy atom. The molecule has 0 fully saturated rings. The van der Waals surface area contributed by atoms with E-state index in [0.717, 1.165) is 16.6 Å². The number of hydrogen-bond donors (Lipinski definition) is 1. The van der Waals surface area contributed by atoms with E-state index in [1.54, 1.807) is 0 Å². The summed E-state index contributed by atoms with van der Waals surface area (Å²) in [4.78, 5) is 12.0. The van der Waals surface area contributed by atoms with E-state index >= 15 is 0 Å². The number of sulfonamides is 1. The lowest BCUT2D eigenvalue weighted by atomic mass is 10.1. The molecule has 1 atom stereocenters. The van der Waals surface area contributed by atoms with Gasteiger partial charge in [-0.25, -0.2) is 12.8 Å². The number of benzene rings is 1. The van der Waals surface area contributed by atoms with Gasteiger partial charge in [0.25, 0.3) is 0 Å². The van der Waals surface area contributed by atoms with E-state index in [9.17, 15) is 17.6 Å². The number of amides is 1. The molecule has 1 unspecified atom stereocenters. The van der Waals surface area contributed by atoms with Gasteiger partial charge in [0, 0.05) is 6.04 Å². The number of anilines is 1. The van der Waals surface area contributed by atoms with Crippen LogP contribution in [-0.2, 0) is 14.8 Å². The third-order valence-corrected chi connectivity index (χ3v) is 4.31. The van der Waals surface area contributed by atoms with E-state index in [1.165, 1.54) is 18.2 Å². The van der Waals surface area contributed by atoms with Crippen LogP contribution in [0.4, 0.5) is 10.1 Å². The van der Waals surface area contributed by atoms with Gasteiger partial charge in [-0.1, -0.05) is 19.9 Å². The zero-order valence-electron chi connectivity index (χ0n) is 12.6. The summed E-state index contributed by atoms with van der Waals surface area (Å²) in [7, 11) is -3.68. The topological polar surface area (TPSA) is 66.5 Å². The maximum absolute atomic E-state index is 13.2. The third kappa shape index (κ3) is 5.34. The quantitative estimate of drug-likeness (QED) is 0.869. The second kappa shape index (κ2) is 6.89. The molecule has 0 saturated heterocycles. The Labute approximate surface area is 125 Å². The fourth-order valence-electron chi connectivity index (χ4n) is 1.63. The second-order valence-corrected chi connectivity index (χ2v) is 7.26. The predicted molar refractivity (Wildman–Crippen MR) is 81.0 cm³/mol. The van der Waals surface area contributed by atoms with Crippen molar-refractivity contribution in [3.63, 3.8) is 0 Å². The van der Waals surface area contributed by atoms with Crippen LogP contribution in [0.3, 0.4) is 0 Å². The molecule has 0 saturated carbocycles. The molecular formula is C14H21FN2O3S. The Balaban J connectivity index is 2.94. The minimum Gasteiger partial charge on any atom is -0.352 e. The lowest BCUT2D eigenvalue weighted by molar-refractivity contribution is -0.120. The predicted octanol–water partition coefficient (Wildman–Crippen LogP) is 1.75. The van der Waals surface area contributed by atoms with Crippen LogP contribution in [0.1, 0.15) is 20.8 Å². The lowest BCUT2D eigenvalue weighted by Crippen LogP contribution is -2.44. The molecule has 1 aromatic carbocycles. The van der Waals surface area contributed by atoms with Crippen LogP contribution in [0.15, 0.2) is 24.3 Å². The van der Waals surface area contributed by atoms with Gasteiger partial charge in [-0.3, -0.25) is 9.10 Å². The molecule has 1 rings (SSSR count). The molecule has 0 bridgehead atoms. The molecule has 0 aliphatic carbocycles. The van der Waals surface area contributed by atoms with Crippen molar-refractivity contribution in [2.45, 2.75) is 26.8 Å². The second-order valence-electron chi connectivity index (χ2n) is 5.35. The smallest absolute Gasteiger partial charge is 0.240 e.